The van der Waals surface area contributed by atoms with Crippen molar-refractivity contribution < 1.29 is 4.92 Å². The van der Waals surface area contributed by atoms with E-state index < -0.39 is 0 Å². The fourth-order valence-electron chi connectivity index (χ4n) is 2.81. The minimum Gasteiger partial charge on any atom is -0.260 e. The highest BCUT2D eigenvalue weighted by molar-refractivity contribution is 6.06. The SMILES string of the molecule is C=C=CC1=NC=C2CC1(c1ccc([N+](=O)[O-])cc1)C2. The Hall–Kier alpha value is -2.45. The van der Waals surface area contributed by atoms with Crippen LogP contribution in [0.15, 0.2) is 59.4 Å². The molecule has 4 rings (SSSR count). The molecule has 2 heterocycles. The normalized spacial score (nSPS) is 18.5. The molecule has 0 saturated heterocycles. The fourth-order valence-corrected chi connectivity index (χ4v) is 2.81. The van der Waals surface area contributed by atoms with E-state index in [1.54, 1.807) is 18.2 Å². The monoisotopic (exact) mass is 252 g/mol. The van der Waals surface area contributed by atoms with Gasteiger partial charge in [0.25, 0.3) is 5.69 Å². The minimum absolute atomic E-state index is 0.115. The van der Waals surface area contributed by atoms with Gasteiger partial charge < -0.3 is 0 Å². The predicted octanol–water partition coefficient (Wildman–Crippen LogP) is 3.31. The van der Waals surface area contributed by atoms with Crippen LogP contribution in [0.25, 0.3) is 0 Å². The van der Waals surface area contributed by atoms with Crippen LogP contribution in [-0.4, -0.2) is 10.6 Å². The van der Waals surface area contributed by atoms with E-state index in [9.17, 15) is 10.1 Å². The van der Waals surface area contributed by atoms with Gasteiger partial charge in [-0.25, -0.2) is 0 Å². The van der Waals surface area contributed by atoms with Crippen molar-refractivity contribution >= 4 is 11.4 Å². The Kier molecular flexibility index (Phi) is 2.47. The number of aliphatic imine (C=N–C) groups is 1. The van der Waals surface area contributed by atoms with Gasteiger partial charge in [0.1, 0.15) is 0 Å². The number of nitrogens with zero attached hydrogens (tertiary/aromatic N) is 2. The van der Waals surface area contributed by atoms with E-state index in [2.05, 4.69) is 17.3 Å². The second-order valence-electron chi connectivity index (χ2n) is 4.89. The van der Waals surface area contributed by atoms with E-state index in [1.807, 2.05) is 18.3 Å². The van der Waals surface area contributed by atoms with Gasteiger partial charge >= 0.3 is 0 Å². The van der Waals surface area contributed by atoms with E-state index in [1.165, 1.54) is 5.57 Å². The molecule has 0 unspecified atom stereocenters. The number of non-ortho nitro benzene ring substituents is 1. The zero-order valence-electron chi connectivity index (χ0n) is 10.3. The van der Waals surface area contributed by atoms with Gasteiger partial charge in [0.15, 0.2) is 0 Å². The lowest BCUT2D eigenvalue weighted by atomic mass is 9.58. The average Bonchev–Trinajstić information content (AvgIpc) is 2.38. The third-order valence-electron chi connectivity index (χ3n) is 3.80. The summed E-state index contributed by atoms with van der Waals surface area (Å²) in [6.45, 7) is 3.60. The van der Waals surface area contributed by atoms with Crippen LogP contribution in [0.5, 0.6) is 0 Å². The van der Waals surface area contributed by atoms with Crippen molar-refractivity contribution in [3.63, 3.8) is 0 Å². The van der Waals surface area contributed by atoms with E-state index in [0.717, 1.165) is 24.1 Å². The molecular weight excluding hydrogens is 240 g/mol. The molecule has 0 atom stereocenters. The lowest BCUT2D eigenvalue weighted by Crippen LogP contribution is -2.45. The van der Waals surface area contributed by atoms with Crippen LogP contribution in [0.1, 0.15) is 18.4 Å². The quantitative estimate of drug-likeness (QED) is 0.471. The molecular formula is C15H12N2O2. The molecule has 4 heteroatoms. The molecule has 0 radical (unpaired) electrons. The molecule has 19 heavy (non-hydrogen) atoms. The summed E-state index contributed by atoms with van der Waals surface area (Å²) >= 11 is 0. The molecule has 0 N–H and O–H groups in total. The maximum Gasteiger partial charge on any atom is 0.269 e. The van der Waals surface area contributed by atoms with Crippen molar-refractivity contribution in [3.05, 3.63) is 70.1 Å². The molecule has 1 aromatic rings. The maximum absolute atomic E-state index is 10.7. The van der Waals surface area contributed by atoms with Crippen LogP contribution in [-0.2, 0) is 5.41 Å². The third kappa shape index (κ3) is 1.65. The number of hydrogen-bond acceptors (Lipinski definition) is 3. The molecule has 1 aliphatic carbocycles. The van der Waals surface area contributed by atoms with Gasteiger partial charge in [-0.05, 0) is 24.0 Å². The standard InChI is InChI=1S/C15H12N2O2/c1-2-3-14-15(8-11(9-15)10-16-14)12-4-6-13(7-5-12)17(18)19/h3-7,10H,1,8-9H2. The molecule has 3 aliphatic rings. The molecule has 1 aromatic carbocycles. The maximum atomic E-state index is 10.7. The van der Waals surface area contributed by atoms with E-state index >= 15 is 0 Å². The molecule has 1 saturated carbocycles. The van der Waals surface area contributed by atoms with Gasteiger partial charge in [-0.1, -0.05) is 18.7 Å². The summed E-state index contributed by atoms with van der Waals surface area (Å²) < 4.78 is 0. The highest BCUT2D eigenvalue weighted by atomic mass is 16.6. The van der Waals surface area contributed by atoms with Gasteiger partial charge in [-0.2, -0.15) is 0 Å². The van der Waals surface area contributed by atoms with Crippen LogP contribution in [0.3, 0.4) is 0 Å². The smallest absolute Gasteiger partial charge is 0.260 e. The highest BCUT2D eigenvalue weighted by Crippen LogP contribution is 2.51. The Balaban J connectivity index is 2.02. The number of hydrogen-bond donors (Lipinski definition) is 0. The van der Waals surface area contributed by atoms with Gasteiger partial charge in [-0.15, -0.1) is 5.73 Å². The van der Waals surface area contributed by atoms with Crippen LogP contribution >= 0.6 is 0 Å². The molecule has 2 bridgehead atoms. The Labute approximate surface area is 110 Å². The highest BCUT2D eigenvalue weighted by Gasteiger charge is 2.47. The topological polar surface area (TPSA) is 55.5 Å². The summed E-state index contributed by atoms with van der Waals surface area (Å²) in [5, 5.41) is 10.7. The number of allylic oxidation sites excluding steroid dienone is 2. The van der Waals surface area contributed by atoms with Crippen LogP contribution < -0.4 is 0 Å². The third-order valence-corrected chi connectivity index (χ3v) is 3.80. The Morgan fingerprint density at radius 1 is 1.37 bits per heavy atom. The van der Waals surface area contributed by atoms with Crippen molar-refractivity contribution in [1.29, 1.82) is 0 Å². The number of fused-ring (bicyclic) bond motifs is 1. The van der Waals surface area contributed by atoms with Crippen molar-refractivity contribution in [2.75, 3.05) is 0 Å². The van der Waals surface area contributed by atoms with Crippen molar-refractivity contribution in [2.45, 2.75) is 18.3 Å². The summed E-state index contributed by atoms with van der Waals surface area (Å²) in [6, 6.07) is 6.75. The van der Waals surface area contributed by atoms with Crippen molar-refractivity contribution in [1.82, 2.24) is 0 Å². The van der Waals surface area contributed by atoms with Crippen LogP contribution in [0.2, 0.25) is 0 Å². The second-order valence-corrected chi connectivity index (χ2v) is 4.89. The van der Waals surface area contributed by atoms with Gasteiger partial charge in [0.2, 0.25) is 0 Å². The summed E-state index contributed by atoms with van der Waals surface area (Å²) in [5.74, 6) is 0. The van der Waals surface area contributed by atoms with Gasteiger partial charge in [0, 0.05) is 29.8 Å². The largest absolute Gasteiger partial charge is 0.269 e. The molecule has 94 valence electrons. The van der Waals surface area contributed by atoms with Crippen molar-refractivity contribution in [3.8, 4) is 0 Å². The van der Waals surface area contributed by atoms with Crippen molar-refractivity contribution in [2.24, 2.45) is 4.99 Å². The van der Waals surface area contributed by atoms with E-state index in [4.69, 9.17) is 0 Å². The average molecular weight is 252 g/mol. The lowest BCUT2D eigenvalue weighted by molar-refractivity contribution is -0.384. The Bertz CT molecular complexity index is 654. The molecule has 0 aromatic heterocycles. The van der Waals surface area contributed by atoms with Gasteiger partial charge in [-0.3, -0.25) is 15.1 Å². The molecule has 4 nitrogen and oxygen atoms in total. The van der Waals surface area contributed by atoms with Crippen LogP contribution in [0.4, 0.5) is 5.69 Å². The molecule has 2 aliphatic heterocycles. The van der Waals surface area contributed by atoms with Crippen LogP contribution in [0, 0.1) is 10.1 Å². The summed E-state index contributed by atoms with van der Waals surface area (Å²) in [7, 11) is 0. The predicted molar refractivity (Wildman–Crippen MR) is 73.2 cm³/mol. The van der Waals surface area contributed by atoms with Gasteiger partial charge in [0.05, 0.1) is 10.6 Å². The van der Waals surface area contributed by atoms with E-state index in [0.29, 0.717) is 0 Å². The number of nitro benzene ring substituents is 1. The zero-order valence-corrected chi connectivity index (χ0v) is 10.3. The molecule has 0 amide bonds. The molecule has 1 fully saturated rings. The minimum atomic E-state index is -0.382. The lowest BCUT2D eigenvalue weighted by Gasteiger charge is -2.46. The Morgan fingerprint density at radius 2 is 2.05 bits per heavy atom. The van der Waals surface area contributed by atoms with E-state index in [-0.39, 0.29) is 16.0 Å². The first-order chi connectivity index (χ1) is 9.15. The first kappa shape index (κ1) is 11.6. The second kappa shape index (κ2) is 4.04. The number of nitro groups is 1. The number of rotatable bonds is 3. The summed E-state index contributed by atoms with van der Waals surface area (Å²) in [5.41, 5.74) is 6.08. The fraction of sp³-hybridized carbons (Fsp3) is 0.200. The molecule has 0 spiro atoms. The summed E-state index contributed by atoms with van der Waals surface area (Å²) in [6.07, 6.45) is 5.56. The zero-order chi connectivity index (χ0) is 13.5. The first-order valence-electron chi connectivity index (χ1n) is 6.03. The Morgan fingerprint density at radius 3 is 2.63 bits per heavy atom. The number of benzene rings is 1. The first-order valence-corrected chi connectivity index (χ1v) is 6.03. The summed E-state index contributed by atoms with van der Waals surface area (Å²) in [4.78, 5) is 14.7.